The number of aromatic nitrogens is 3. The largest absolute Gasteiger partial charge is 0.309 e. The van der Waals surface area contributed by atoms with Crippen LogP contribution in [0.4, 0.5) is 0 Å². The number of hydrogen-bond acceptors (Lipinski definition) is 6. The monoisotopic (exact) mass is 441 g/mol. The zero-order valence-corrected chi connectivity index (χ0v) is 17.5. The molecule has 0 aliphatic heterocycles. The van der Waals surface area contributed by atoms with E-state index >= 15 is 0 Å². The fourth-order valence-corrected chi connectivity index (χ4v) is 6.02. The molecule has 2 aromatic carbocycles. The average Bonchev–Trinajstić information content (AvgIpc) is 3.30. The lowest BCUT2D eigenvalue weighted by Gasteiger charge is -2.01. The lowest BCUT2D eigenvalue weighted by Crippen LogP contribution is -2.10. The minimum atomic E-state index is -0.100. The van der Waals surface area contributed by atoms with Gasteiger partial charge in [0.25, 0.3) is 5.56 Å². The highest BCUT2D eigenvalue weighted by atomic mass is 35.5. The number of rotatable bonds is 4. The maximum Gasteiger partial charge on any atom is 0.260 e. The Morgan fingerprint density at radius 1 is 1.11 bits per heavy atom. The van der Waals surface area contributed by atoms with Gasteiger partial charge in [-0.1, -0.05) is 53.7 Å². The highest BCUT2D eigenvalue weighted by Gasteiger charge is 2.13. The van der Waals surface area contributed by atoms with Crippen LogP contribution in [0.25, 0.3) is 31.6 Å². The third-order valence-corrected chi connectivity index (χ3v) is 7.54. The summed E-state index contributed by atoms with van der Waals surface area (Å²) in [4.78, 5) is 25.7. The van der Waals surface area contributed by atoms with Gasteiger partial charge in [0.1, 0.15) is 10.7 Å². The van der Waals surface area contributed by atoms with Crippen molar-refractivity contribution < 1.29 is 0 Å². The number of thiazole rings is 1. The van der Waals surface area contributed by atoms with Gasteiger partial charge in [-0.2, -0.15) is 0 Å². The third-order valence-electron chi connectivity index (χ3n) is 4.24. The minimum Gasteiger partial charge on any atom is -0.309 e. The van der Waals surface area contributed by atoms with E-state index in [0.717, 1.165) is 30.5 Å². The van der Waals surface area contributed by atoms with Crippen molar-refractivity contribution in [2.24, 2.45) is 0 Å². The van der Waals surface area contributed by atoms with E-state index in [1.807, 2.05) is 53.9 Å². The topological polar surface area (TPSA) is 58.6 Å². The number of hydrogen-bond donors (Lipinski definition) is 1. The average molecular weight is 442 g/mol. The summed E-state index contributed by atoms with van der Waals surface area (Å²) in [5, 5.41) is 3.33. The van der Waals surface area contributed by atoms with Crippen LogP contribution in [0.5, 0.6) is 0 Å². The molecule has 0 atom stereocenters. The maximum atomic E-state index is 12.7. The standard InChI is InChI=1S/C20H12ClN3OS3/c21-12-6-7-15-14(8-12)22-20(28-15)27-10-16-23-18(25)17-13(9-26-19(17)24-16)11-4-2-1-3-5-11/h1-9H,10H2,(H,23,24,25). The van der Waals surface area contributed by atoms with Crippen LogP contribution >= 0.6 is 46.0 Å². The zero-order valence-electron chi connectivity index (χ0n) is 14.3. The first-order valence-corrected chi connectivity index (χ1v) is 11.5. The molecule has 3 aromatic heterocycles. The van der Waals surface area contributed by atoms with Crippen LogP contribution in [-0.2, 0) is 5.75 Å². The summed E-state index contributed by atoms with van der Waals surface area (Å²) in [6, 6.07) is 15.6. The summed E-state index contributed by atoms with van der Waals surface area (Å²) in [5.74, 6) is 1.21. The molecule has 0 unspecified atom stereocenters. The molecular weight excluding hydrogens is 430 g/mol. The minimum absolute atomic E-state index is 0.100. The van der Waals surface area contributed by atoms with Gasteiger partial charge in [0.15, 0.2) is 4.34 Å². The smallest absolute Gasteiger partial charge is 0.260 e. The van der Waals surface area contributed by atoms with Crippen molar-refractivity contribution in [2.75, 3.05) is 0 Å². The van der Waals surface area contributed by atoms with Crippen LogP contribution in [0.1, 0.15) is 5.82 Å². The third kappa shape index (κ3) is 3.35. The van der Waals surface area contributed by atoms with Crippen molar-refractivity contribution in [1.29, 1.82) is 0 Å². The van der Waals surface area contributed by atoms with Gasteiger partial charge in [-0.15, -0.1) is 22.7 Å². The summed E-state index contributed by atoms with van der Waals surface area (Å²) in [6.07, 6.45) is 0. The van der Waals surface area contributed by atoms with Crippen LogP contribution < -0.4 is 5.56 Å². The predicted molar refractivity (Wildman–Crippen MR) is 120 cm³/mol. The Kier molecular flexibility index (Phi) is 4.68. The van der Waals surface area contributed by atoms with Crippen LogP contribution in [0.3, 0.4) is 0 Å². The molecule has 0 amide bonds. The van der Waals surface area contributed by atoms with Gasteiger partial charge in [0, 0.05) is 16.0 Å². The van der Waals surface area contributed by atoms with E-state index in [0.29, 0.717) is 22.0 Å². The summed E-state index contributed by atoms with van der Waals surface area (Å²) in [7, 11) is 0. The Labute approximate surface area is 177 Å². The van der Waals surface area contributed by atoms with E-state index in [2.05, 4.69) is 15.0 Å². The van der Waals surface area contributed by atoms with Crippen molar-refractivity contribution >= 4 is 66.5 Å². The molecule has 4 nitrogen and oxygen atoms in total. The number of fused-ring (bicyclic) bond motifs is 2. The Balaban J connectivity index is 1.44. The van der Waals surface area contributed by atoms with Crippen molar-refractivity contribution in [2.45, 2.75) is 10.1 Å². The summed E-state index contributed by atoms with van der Waals surface area (Å²) < 4.78 is 2.02. The lowest BCUT2D eigenvalue weighted by atomic mass is 10.1. The summed E-state index contributed by atoms with van der Waals surface area (Å²) in [5.41, 5.74) is 2.74. The van der Waals surface area contributed by atoms with E-state index in [1.54, 1.807) is 23.1 Å². The normalized spacial score (nSPS) is 11.5. The lowest BCUT2D eigenvalue weighted by molar-refractivity contribution is 1.04. The first-order valence-electron chi connectivity index (χ1n) is 8.42. The number of thioether (sulfide) groups is 1. The predicted octanol–water partition coefficient (Wildman–Crippen LogP) is 6.21. The van der Waals surface area contributed by atoms with Crippen LogP contribution in [0.15, 0.2) is 63.0 Å². The van der Waals surface area contributed by atoms with Gasteiger partial charge in [0.05, 0.1) is 21.4 Å². The number of nitrogens with zero attached hydrogens (tertiary/aromatic N) is 2. The molecule has 0 saturated carbocycles. The first-order chi connectivity index (χ1) is 13.7. The molecule has 0 saturated heterocycles. The fraction of sp³-hybridized carbons (Fsp3) is 0.0500. The number of H-pyrrole nitrogens is 1. The van der Waals surface area contributed by atoms with Crippen molar-refractivity contribution in [3.05, 3.63) is 75.1 Å². The highest BCUT2D eigenvalue weighted by Crippen LogP contribution is 2.33. The van der Waals surface area contributed by atoms with E-state index in [-0.39, 0.29) is 5.56 Å². The Bertz CT molecular complexity index is 1360. The molecule has 1 N–H and O–H groups in total. The molecule has 0 fully saturated rings. The molecule has 5 aromatic rings. The summed E-state index contributed by atoms with van der Waals surface area (Å²) in [6.45, 7) is 0. The molecule has 0 aliphatic carbocycles. The molecule has 0 aliphatic rings. The van der Waals surface area contributed by atoms with Crippen LogP contribution in [0, 0.1) is 0 Å². The molecule has 0 spiro atoms. The molecule has 5 rings (SSSR count). The second-order valence-electron chi connectivity index (χ2n) is 6.09. The Hall–Kier alpha value is -2.19. The van der Waals surface area contributed by atoms with E-state index in [1.165, 1.54) is 11.3 Å². The van der Waals surface area contributed by atoms with E-state index < -0.39 is 0 Å². The molecule has 3 heterocycles. The van der Waals surface area contributed by atoms with Gasteiger partial charge in [0.2, 0.25) is 0 Å². The number of nitrogens with one attached hydrogen (secondary N) is 1. The van der Waals surface area contributed by atoms with Crippen molar-refractivity contribution in [3.63, 3.8) is 0 Å². The van der Waals surface area contributed by atoms with Gasteiger partial charge >= 0.3 is 0 Å². The van der Waals surface area contributed by atoms with Gasteiger partial charge in [-0.3, -0.25) is 4.79 Å². The second-order valence-corrected chi connectivity index (χ2v) is 9.64. The number of halogens is 1. The van der Waals surface area contributed by atoms with Gasteiger partial charge < -0.3 is 4.98 Å². The molecule has 8 heteroatoms. The zero-order chi connectivity index (χ0) is 19.1. The molecule has 0 radical (unpaired) electrons. The fourth-order valence-electron chi connectivity index (χ4n) is 2.96. The number of benzene rings is 2. The Morgan fingerprint density at radius 2 is 1.96 bits per heavy atom. The molecular formula is C20H12ClN3OS3. The number of aromatic amines is 1. The number of thiophene rings is 1. The quantitative estimate of drug-likeness (QED) is 0.337. The first kappa shape index (κ1) is 17.9. The SMILES string of the molecule is O=c1[nH]c(CSc2nc3cc(Cl)ccc3s2)nc2scc(-c3ccccc3)c12. The van der Waals surface area contributed by atoms with Crippen LogP contribution in [0.2, 0.25) is 5.02 Å². The highest BCUT2D eigenvalue weighted by molar-refractivity contribution is 8.00. The van der Waals surface area contributed by atoms with Gasteiger partial charge in [-0.25, -0.2) is 9.97 Å². The second kappa shape index (κ2) is 7.33. The Morgan fingerprint density at radius 3 is 2.82 bits per heavy atom. The van der Waals surface area contributed by atoms with Crippen LogP contribution in [-0.4, -0.2) is 15.0 Å². The van der Waals surface area contributed by atoms with E-state index in [4.69, 9.17) is 11.6 Å². The van der Waals surface area contributed by atoms with Crippen molar-refractivity contribution in [3.8, 4) is 11.1 Å². The van der Waals surface area contributed by atoms with Gasteiger partial charge in [-0.05, 0) is 23.8 Å². The maximum absolute atomic E-state index is 12.7. The van der Waals surface area contributed by atoms with E-state index in [9.17, 15) is 4.79 Å². The molecule has 28 heavy (non-hydrogen) atoms. The summed E-state index contributed by atoms with van der Waals surface area (Å²) >= 11 is 10.7. The molecule has 0 bridgehead atoms. The van der Waals surface area contributed by atoms with Crippen molar-refractivity contribution in [1.82, 2.24) is 15.0 Å². The molecule has 138 valence electrons.